The van der Waals surface area contributed by atoms with Crippen molar-refractivity contribution in [3.8, 4) is 0 Å². The van der Waals surface area contributed by atoms with Crippen molar-refractivity contribution in [2.24, 2.45) is 5.92 Å². The highest BCUT2D eigenvalue weighted by atomic mass is 16.6. The molecule has 0 saturated carbocycles. The monoisotopic (exact) mass is 594 g/mol. The van der Waals surface area contributed by atoms with Gasteiger partial charge in [0.1, 0.15) is 11.9 Å². The first-order valence-corrected chi connectivity index (χ1v) is 17.7. The van der Waals surface area contributed by atoms with E-state index < -0.39 is 6.10 Å². The van der Waals surface area contributed by atoms with Crippen LogP contribution in [0.25, 0.3) is 0 Å². The van der Waals surface area contributed by atoms with E-state index in [2.05, 4.69) is 6.92 Å². The Labute approximate surface area is 255 Å². The Morgan fingerprint density at radius 3 is 1.71 bits per heavy atom. The van der Waals surface area contributed by atoms with Crippen molar-refractivity contribution < 1.29 is 34.0 Å². The van der Waals surface area contributed by atoms with Gasteiger partial charge in [0.15, 0.2) is 0 Å². The van der Waals surface area contributed by atoms with Crippen molar-refractivity contribution in [1.29, 1.82) is 0 Å². The summed E-state index contributed by atoms with van der Waals surface area (Å²) in [4.78, 5) is 23.1. The quantitative estimate of drug-likeness (QED) is 0.0941. The Hall–Kier alpha value is -1.02. The lowest BCUT2D eigenvalue weighted by molar-refractivity contribution is -0.145. The molecule has 0 aromatic rings. The summed E-state index contributed by atoms with van der Waals surface area (Å²) >= 11 is 0. The zero-order valence-electron chi connectivity index (χ0n) is 26.8. The highest BCUT2D eigenvalue weighted by molar-refractivity contribution is 5.83. The number of ether oxygens (including phenoxy) is 3. The number of rotatable bonds is 23. The number of carbonyl (C=O) groups excluding carboxylic acids is 2. The predicted octanol–water partition coefficient (Wildman–Crippen LogP) is 7.37. The van der Waals surface area contributed by atoms with E-state index in [1.165, 1.54) is 51.9 Å². The average molecular weight is 595 g/mol. The van der Waals surface area contributed by atoms with Gasteiger partial charge in [-0.1, -0.05) is 90.4 Å². The van der Waals surface area contributed by atoms with E-state index in [1.807, 2.05) is 0 Å². The molecule has 0 spiro atoms. The normalized spacial score (nSPS) is 29.2. The van der Waals surface area contributed by atoms with Crippen LogP contribution in [0.15, 0.2) is 0 Å². The lowest BCUT2D eigenvalue weighted by Gasteiger charge is -2.24. The van der Waals surface area contributed by atoms with E-state index >= 15 is 0 Å². The summed E-state index contributed by atoms with van der Waals surface area (Å²) in [5, 5.41) is 21.4. The molecule has 0 aliphatic carbocycles. The average Bonchev–Trinajstić information content (AvgIpc) is 3.72. The number of aliphatic hydroxyl groups is 2. The highest BCUT2D eigenvalue weighted by Crippen LogP contribution is 2.35. The number of carbonyl (C=O) groups is 2. The number of unbranched alkanes of at least 4 members (excludes halogenated alkanes) is 12. The van der Waals surface area contributed by atoms with E-state index in [1.54, 1.807) is 0 Å². The van der Waals surface area contributed by atoms with Crippen LogP contribution in [0.3, 0.4) is 0 Å². The SMILES string of the molecule is CCCCCCCCCC[C@@H](O)[C@H]1CC[C@H]([C@H]2CC[C@H]([C@H](O)CCCCCCCC[C@@H]3C[C@H](CC(C)=O)C(=O)O3)O2)O1. The zero-order chi connectivity index (χ0) is 30.2. The van der Waals surface area contributed by atoms with E-state index in [4.69, 9.17) is 14.2 Å². The molecule has 0 bridgehead atoms. The Morgan fingerprint density at radius 2 is 1.21 bits per heavy atom. The van der Waals surface area contributed by atoms with Crippen molar-refractivity contribution in [1.82, 2.24) is 0 Å². The van der Waals surface area contributed by atoms with Crippen molar-refractivity contribution >= 4 is 11.8 Å². The maximum absolute atomic E-state index is 11.9. The molecule has 3 rings (SSSR count). The molecule has 3 fully saturated rings. The molecule has 7 nitrogen and oxygen atoms in total. The fourth-order valence-corrected chi connectivity index (χ4v) is 7.20. The van der Waals surface area contributed by atoms with Gasteiger partial charge in [0.05, 0.1) is 42.5 Å². The summed E-state index contributed by atoms with van der Waals surface area (Å²) in [7, 11) is 0. The largest absolute Gasteiger partial charge is 0.462 e. The van der Waals surface area contributed by atoms with Gasteiger partial charge in [0, 0.05) is 6.42 Å². The molecule has 2 N–H and O–H groups in total. The molecule has 244 valence electrons. The van der Waals surface area contributed by atoms with Crippen molar-refractivity contribution in [3.63, 3.8) is 0 Å². The molecule has 3 aliphatic heterocycles. The maximum atomic E-state index is 11.9. The Balaban J connectivity index is 1.16. The van der Waals surface area contributed by atoms with Crippen LogP contribution < -0.4 is 0 Å². The molecular weight excluding hydrogens is 532 g/mol. The number of esters is 1. The minimum atomic E-state index is -0.417. The summed E-state index contributed by atoms with van der Waals surface area (Å²) in [6.45, 7) is 3.78. The minimum absolute atomic E-state index is 0.0162. The summed E-state index contributed by atoms with van der Waals surface area (Å²) < 4.78 is 18.0. The van der Waals surface area contributed by atoms with Crippen molar-refractivity contribution in [2.45, 2.75) is 204 Å². The van der Waals surface area contributed by atoms with Crippen LogP contribution in [-0.2, 0) is 23.8 Å². The molecule has 0 aromatic carbocycles. The third kappa shape index (κ3) is 12.9. The molecule has 0 unspecified atom stereocenters. The molecule has 3 heterocycles. The summed E-state index contributed by atoms with van der Waals surface area (Å²) in [5.74, 6) is -0.379. The second-order valence-electron chi connectivity index (χ2n) is 13.6. The number of aliphatic hydroxyl groups excluding tert-OH is 2. The number of ketones is 1. The highest BCUT2D eigenvalue weighted by Gasteiger charge is 2.40. The third-order valence-electron chi connectivity index (χ3n) is 9.77. The molecule has 3 saturated heterocycles. The number of hydrogen-bond donors (Lipinski definition) is 2. The third-order valence-corrected chi connectivity index (χ3v) is 9.77. The molecular formula is C35H62O7. The fraction of sp³-hybridized carbons (Fsp3) is 0.943. The number of Topliss-reactive ketones (excluding diaryl/α,β-unsaturated/α-hetero) is 1. The first kappa shape index (κ1) is 35.5. The van der Waals surface area contributed by atoms with Crippen LogP contribution in [-0.4, -0.2) is 64.7 Å². The zero-order valence-corrected chi connectivity index (χ0v) is 26.8. The molecule has 8 atom stereocenters. The predicted molar refractivity (Wildman–Crippen MR) is 165 cm³/mol. The van der Waals surface area contributed by atoms with Crippen LogP contribution in [0, 0.1) is 5.92 Å². The standard InChI is InChI=1S/C35H62O7/c1-3-4-5-6-7-8-12-15-18-29(37)31-20-22-33(41-31)34-23-21-32(42-34)30(38)19-16-13-10-9-11-14-17-28-25-27(24-26(2)36)35(39)40-28/h27-34,37-38H,3-25H2,1-2H3/t27-,28+,29+,30+,31+,32+,33+,34+/m0/s1. The second-order valence-corrected chi connectivity index (χ2v) is 13.6. The Bertz CT molecular complexity index is 758. The van der Waals surface area contributed by atoms with Gasteiger partial charge in [0.2, 0.25) is 0 Å². The van der Waals surface area contributed by atoms with Gasteiger partial charge in [-0.25, -0.2) is 0 Å². The first-order chi connectivity index (χ1) is 20.4. The van der Waals surface area contributed by atoms with Crippen LogP contribution in [0.1, 0.15) is 162 Å². The van der Waals surface area contributed by atoms with Gasteiger partial charge in [-0.2, -0.15) is 0 Å². The van der Waals surface area contributed by atoms with Crippen molar-refractivity contribution in [2.75, 3.05) is 0 Å². The summed E-state index contributed by atoms with van der Waals surface area (Å²) in [5.41, 5.74) is 0. The van der Waals surface area contributed by atoms with Gasteiger partial charge in [-0.05, 0) is 64.7 Å². The number of cyclic esters (lactones) is 1. The molecule has 0 aromatic heterocycles. The number of hydrogen-bond acceptors (Lipinski definition) is 7. The maximum Gasteiger partial charge on any atom is 0.309 e. The van der Waals surface area contributed by atoms with E-state index in [-0.39, 0.29) is 54.3 Å². The molecule has 0 radical (unpaired) electrons. The van der Waals surface area contributed by atoms with Crippen LogP contribution in [0.5, 0.6) is 0 Å². The molecule has 3 aliphatic rings. The van der Waals surface area contributed by atoms with Gasteiger partial charge in [-0.3, -0.25) is 4.79 Å². The van der Waals surface area contributed by atoms with Crippen LogP contribution in [0.4, 0.5) is 0 Å². The van der Waals surface area contributed by atoms with E-state index in [9.17, 15) is 19.8 Å². The first-order valence-electron chi connectivity index (χ1n) is 17.7. The fourth-order valence-electron chi connectivity index (χ4n) is 7.20. The minimum Gasteiger partial charge on any atom is -0.462 e. The van der Waals surface area contributed by atoms with E-state index in [0.29, 0.717) is 12.8 Å². The Kier molecular flexibility index (Phi) is 17.0. The lowest BCUT2D eigenvalue weighted by Crippen LogP contribution is -2.33. The van der Waals surface area contributed by atoms with Gasteiger partial charge < -0.3 is 29.2 Å². The Morgan fingerprint density at radius 1 is 0.738 bits per heavy atom. The van der Waals surface area contributed by atoms with Gasteiger partial charge in [0.25, 0.3) is 0 Å². The van der Waals surface area contributed by atoms with Crippen LogP contribution >= 0.6 is 0 Å². The molecule has 42 heavy (non-hydrogen) atoms. The smallest absolute Gasteiger partial charge is 0.309 e. The van der Waals surface area contributed by atoms with E-state index in [0.717, 1.165) is 89.9 Å². The lowest BCUT2D eigenvalue weighted by atomic mass is 9.96. The molecule has 0 amide bonds. The summed E-state index contributed by atoms with van der Waals surface area (Å²) in [6, 6.07) is 0. The van der Waals surface area contributed by atoms with Crippen molar-refractivity contribution in [3.05, 3.63) is 0 Å². The second kappa shape index (κ2) is 20.1. The van der Waals surface area contributed by atoms with Crippen LogP contribution in [0.2, 0.25) is 0 Å². The van der Waals surface area contributed by atoms with Gasteiger partial charge >= 0.3 is 5.97 Å². The summed E-state index contributed by atoms with van der Waals surface area (Å²) in [6.07, 6.45) is 23.1. The molecule has 7 heteroatoms. The van der Waals surface area contributed by atoms with Gasteiger partial charge in [-0.15, -0.1) is 0 Å². The topological polar surface area (TPSA) is 102 Å².